The molecular formula is C17H15F3N2S. The van der Waals surface area contributed by atoms with Crippen LogP contribution < -0.4 is 0 Å². The molecule has 2 aromatic heterocycles. The van der Waals surface area contributed by atoms with E-state index in [1.165, 1.54) is 16.2 Å². The lowest BCUT2D eigenvalue weighted by Gasteiger charge is -2.08. The Bertz CT molecular complexity index is 810. The molecule has 1 aromatic carbocycles. The summed E-state index contributed by atoms with van der Waals surface area (Å²) in [5.41, 5.74) is 1.74. The van der Waals surface area contributed by atoms with Gasteiger partial charge in [-0.25, -0.2) is 4.98 Å². The average Bonchev–Trinajstić information content (AvgIpc) is 2.86. The normalized spacial score (nSPS) is 12.0. The van der Waals surface area contributed by atoms with Gasteiger partial charge >= 0.3 is 6.18 Å². The third kappa shape index (κ3) is 3.52. The minimum Gasteiger partial charge on any atom is -0.303 e. The predicted molar refractivity (Wildman–Crippen MR) is 86.4 cm³/mol. The first-order valence-corrected chi connectivity index (χ1v) is 8.27. The Kier molecular flexibility index (Phi) is 4.35. The standard InChI is InChI=1S/C17H15F3N2S/c1-12-7-8-22-14(11-23-10-13-5-3-2-4-6-13)16(17(18,19)20)21-15(22)9-12/h2-9H,10-11H2,1H3. The number of hydrogen-bond acceptors (Lipinski definition) is 2. The first-order valence-electron chi connectivity index (χ1n) is 7.11. The van der Waals surface area contributed by atoms with E-state index in [9.17, 15) is 13.2 Å². The molecule has 23 heavy (non-hydrogen) atoms. The number of benzene rings is 1. The molecule has 0 aliphatic heterocycles. The maximum absolute atomic E-state index is 13.3. The van der Waals surface area contributed by atoms with Crippen LogP contribution >= 0.6 is 11.8 Å². The monoisotopic (exact) mass is 336 g/mol. The largest absolute Gasteiger partial charge is 0.435 e. The van der Waals surface area contributed by atoms with E-state index < -0.39 is 11.9 Å². The van der Waals surface area contributed by atoms with Crippen molar-refractivity contribution in [1.82, 2.24) is 9.38 Å². The summed E-state index contributed by atoms with van der Waals surface area (Å²) in [5, 5.41) is 0. The molecule has 0 N–H and O–H groups in total. The smallest absolute Gasteiger partial charge is 0.303 e. The van der Waals surface area contributed by atoms with Crippen molar-refractivity contribution < 1.29 is 13.2 Å². The number of hydrogen-bond donors (Lipinski definition) is 0. The number of imidazole rings is 1. The number of alkyl halides is 3. The van der Waals surface area contributed by atoms with Gasteiger partial charge < -0.3 is 4.40 Å². The molecule has 6 heteroatoms. The molecular weight excluding hydrogens is 321 g/mol. The topological polar surface area (TPSA) is 17.3 Å². The van der Waals surface area contributed by atoms with Crippen molar-refractivity contribution in [2.45, 2.75) is 24.6 Å². The van der Waals surface area contributed by atoms with Crippen molar-refractivity contribution in [3.63, 3.8) is 0 Å². The summed E-state index contributed by atoms with van der Waals surface area (Å²) in [6, 6.07) is 13.2. The third-order valence-electron chi connectivity index (χ3n) is 3.50. The summed E-state index contributed by atoms with van der Waals surface area (Å²) in [6.07, 6.45) is -2.78. The highest BCUT2D eigenvalue weighted by Gasteiger charge is 2.37. The van der Waals surface area contributed by atoms with Crippen molar-refractivity contribution in [3.8, 4) is 0 Å². The molecule has 0 atom stereocenters. The Hall–Kier alpha value is -1.95. The van der Waals surface area contributed by atoms with Crippen LogP contribution in [0.1, 0.15) is 22.5 Å². The van der Waals surface area contributed by atoms with Crippen molar-refractivity contribution in [3.05, 3.63) is 71.2 Å². The molecule has 0 aliphatic carbocycles. The fourth-order valence-corrected chi connectivity index (χ4v) is 3.40. The van der Waals surface area contributed by atoms with Gasteiger partial charge in [0.15, 0.2) is 5.69 Å². The summed E-state index contributed by atoms with van der Waals surface area (Å²) in [5.74, 6) is 0.922. The van der Waals surface area contributed by atoms with Gasteiger partial charge in [-0.3, -0.25) is 0 Å². The molecule has 0 amide bonds. The number of fused-ring (bicyclic) bond motifs is 1. The van der Waals surface area contributed by atoms with Gasteiger partial charge in [0.1, 0.15) is 5.65 Å². The van der Waals surface area contributed by atoms with Gasteiger partial charge in [0.05, 0.1) is 5.69 Å². The van der Waals surface area contributed by atoms with Gasteiger partial charge in [0.25, 0.3) is 0 Å². The van der Waals surface area contributed by atoms with Crippen molar-refractivity contribution >= 4 is 17.4 Å². The van der Waals surface area contributed by atoms with Gasteiger partial charge in [-0.2, -0.15) is 24.9 Å². The van der Waals surface area contributed by atoms with Crippen molar-refractivity contribution in [2.24, 2.45) is 0 Å². The van der Waals surface area contributed by atoms with Crippen LogP contribution in [-0.2, 0) is 17.7 Å². The molecule has 2 heterocycles. The SMILES string of the molecule is Cc1ccn2c(CSCc3ccccc3)c(C(F)(F)F)nc2c1. The number of thioether (sulfide) groups is 1. The van der Waals surface area contributed by atoms with E-state index in [1.807, 2.05) is 37.3 Å². The van der Waals surface area contributed by atoms with Gasteiger partial charge in [-0.05, 0) is 30.2 Å². The fraction of sp³-hybridized carbons (Fsp3) is 0.235. The van der Waals surface area contributed by atoms with E-state index in [-0.39, 0.29) is 11.4 Å². The maximum atomic E-state index is 13.3. The molecule has 0 saturated carbocycles. The van der Waals surface area contributed by atoms with E-state index in [4.69, 9.17) is 0 Å². The molecule has 0 unspecified atom stereocenters. The van der Waals surface area contributed by atoms with E-state index in [2.05, 4.69) is 4.98 Å². The molecule has 0 bridgehead atoms. The average molecular weight is 336 g/mol. The first-order chi connectivity index (χ1) is 10.9. The summed E-state index contributed by atoms with van der Waals surface area (Å²) in [4.78, 5) is 3.80. The fourth-order valence-electron chi connectivity index (χ4n) is 2.40. The highest BCUT2D eigenvalue weighted by atomic mass is 32.2. The van der Waals surface area contributed by atoms with Crippen LogP contribution in [0.4, 0.5) is 13.2 Å². The van der Waals surface area contributed by atoms with E-state index >= 15 is 0 Å². The highest BCUT2D eigenvalue weighted by molar-refractivity contribution is 7.97. The Labute approximate surface area is 136 Å². The Morgan fingerprint density at radius 2 is 1.83 bits per heavy atom. The minimum absolute atomic E-state index is 0.202. The Morgan fingerprint density at radius 1 is 1.09 bits per heavy atom. The zero-order valence-electron chi connectivity index (χ0n) is 12.5. The molecule has 0 saturated heterocycles. The molecule has 0 spiro atoms. The highest BCUT2D eigenvalue weighted by Crippen LogP contribution is 2.34. The molecule has 0 fully saturated rings. The van der Waals surface area contributed by atoms with E-state index in [0.29, 0.717) is 11.4 Å². The lowest BCUT2D eigenvalue weighted by atomic mass is 10.2. The number of rotatable bonds is 4. The predicted octanol–water partition coefficient (Wildman–Crippen LogP) is 5.09. The quantitative estimate of drug-likeness (QED) is 0.660. The number of aromatic nitrogens is 2. The molecule has 2 nitrogen and oxygen atoms in total. The van der Waals surface area contributed by atoms with Crippen LogP contribution in [0.2, 0.25) is 0 Å². The molecule has 0 aliphatic rings. The number of aryl methyl sites for hydroxylation is 1. The third-order valence-corrected chi connectivity index (χ3v) is 4.51. The minimum atomic E-state index is -4.44. The maximum Gasteiger partial charge on any atom is 0.435 e. The van der Waals surface area contributed by atoms with Gasteiger partial charge in [-0.15, -0.1) is 0 Å². The molecule has 120 valence electrons. The number of pyridine rings is 1. The van der Waals surface area contributed by atoms with Crippen LogP contribution in [0, 0.1) is 6.92 Å². The summed E-state index contributed by atoms with van der Waals surface area (Å²) < 4.78 is 41.3. The van der Waals surface area contributed by atoms with Gasteiger partial charge in [0, 0.05) is 17.7 Å². The van der Waals surface area contributed by atoms with Gasteiger partial charge in [-0.1, -0.05) is 30.3 Å². The second-order valence-corrected chi connectivity index (χ2v) is 6.30. The second kappa shape index (κ2) is 6.28. The van der Waals surface area contributed by atoms with Crippen LogP contribution in [0.3, 0.4) is 0 Å². The van der Waals surface area contributed by atoms with E-state index in [0.717, 1.165) is 11.1 Å². The van der Waals surface area contributed by atoms with Crippen LogP contribution in [0.15, 0.2) is 48.7 Å². The van der Waals surface area contributed by atoms with Crippen LogP contribution in [0.5, 0.6) is 0 Å². The van der Waals surface area contributed by atoms with Crippen LogP contribution in [-0.4, -0.2) is 9.38 Å². The summed E-state index contributed by atoms with van der Waals surface area (Å²) >= 11 is 1.45. The zero-order chi connectivity index (χ0) is 16.4. The Balaban J connectivity index is 1.89. The molecule has 3 rings (SSSR count). The Morgan fingerprint density at radius 3 is 2.52 bits per heavy atom. The lowest BCUT2D eigenvalue weighted by molar-refractivity contribution is -0.141. The first kappa shape index (κ1) is 15.9. The van der Waals surface area contributed by atoms with Gasteiger partial charge in [0.2, 0.25) is 0 Å². The lowest BCUT2D eigenvalue weighted by Crippen LogP contribution is -2.09. The molecule has 3 aromatic rings. The van der Waals surface area contributed by atoms with Crippen LogP contribution in [0.25, 0.3) is 5.65 Å². The van der Waals surface area contributed by atoms with Crippen molar-refractivity contribution in [1.29, 1.82) is 0 Å². The second-order valence-electron chi connectivity index (χ2n) is 5.32. The number of halogens is 3. The summed E-state index contributed by atoms with van der Waals surface area (Å²) in [6.45, 7) is 1.84. The van der Waals surface area contributed by atoms with Crippen molar-refractivity contribution in [2.75, 3.05) is 0 Å². The van der Waals surface area contributed by atoms with E-state index in [1.54, 1.807) is 18.3 Å². The number of nitrogens with zero attached hydrogens (tertiary/aromatic N) is 2. The molecule has 0 radical (unpaired) electrons. The summed E-state index contributed by atoms with van der Waals surface area (Å²) in [7, 11) is 0. The zero-order valence-corrected chi connectivity index (χ0v) is 13.3.